The maximum atomic E-state index is 12.5. The fourth-order valence-corrected chi connectivity index (χ4v) is 3.14. The van der Waals surface area contributed by atoms with Gasteiger partial charge < -0.3 is 5.32 Å². The van der Waals surface area contributed by atoms with Crippen molar-refractivity contribution in [3.05, 3.63) is 65.7 Å². The van der Waals surface area contributed by atoms with Crippen molar-refractivity contribution in [1.29, 1.82) is 0 Å². The molecular weight excluding hydrogens is 348 g/mol. The highest BCUT2D eigenvalue weighted by Crippen LogP contribution is 2.23. The number of rotatable bonds is 6. The van der Waals surface area contributed by atoms with Gasteiger partial charge in [-0.1, -0.05) is 44.2 Å². The minimum Gasteiger partial charge on any atom is -0.345 e. The Morgan fingerprint density at radius 3 is 2.00 bits per heavy atom. The Kier molecular flexibility index (Phi) is 5.89. The molecule has 2 rings (SSSR count). The minimum absolute atomic E-state index is 0.129. The van der Waals surface area contributed by atoms with E-state index >= 15 is 0 Å². The molecule has 25 heavy (non-hydrogen) atoms. The molecule has 2 aromatic rings. The first-order valence-electron chi connectivity index (χ1n) is 7.71. The van der Waals surface area contributed by atoms with E-state index in [0.29, 0.717) is 0 Å². The van der Waals surface area contributed by atoms with Crippen molar-refractivity contribution in [1.82, 2.24) is 5.32 Å². The molecule has 0 aliphatic heterocycles. The molecule has 0 saturated carbocycles. The number of nitrogens with one attached hydrogen (secondary N) is 1. The standard InChI is InChI=1S/C18H19F2NO3S/c1-12(2)16(13-6-4-3-5-7-13)21-17(22)14-8-10-15(11-9-14)25(23,24)18(19)20/h3-12,16,18H,1-2H3,(H,21,22)/t16-/m1/s1. The fourth-order valence-electron chi connectivity index (χ4n) is 2.42. The summed E-state index contributed by atoms with van der Waals surface area (Å²) in [5.41, 5.74) is 1.15. The van der Waals surface area contributed by atoms with Crippen molar-refractivity contribution in [2.24, 2.45) is 5.92 Å². The van der Waals surface area contributed by atoms with E-state index in [9.17, 15) is 22.0 Å². The summed E-state index contributed by atoms with van der Waals surface area (Å²) in [4.78, 5) is 11.9. The van der Waals surface area contributed by atoms with Gasteiger partial charge in [-0.3, -0.25) is 4.79 Å². The molecule has 2 aromatic carbocycles. The number of amides is 1. The average molecular weight is 367 g/mol. The number of halogens is 2. The van der Waals surface area contributed by atoms with Crippen LogP contribution in [0.4, 0.5) is 8.78 Å². The summed E-state index contributed by atoms with van der Waals surface area (Å²) >= 11 is 0. The number of sulfone groups is 1. The first kappa shape index (κ1) is 19.1. The zero-order valence-corrected chi connectivity index (χ0v) is 14.6. The summed E-state index contributed by atoms with van der Waals surface area (Å²) < 4.78 is 47.9. The van der Waals surface area contributed by atoms with E-state index in [1.165, 1.54) is 12.1 Å². The molecule has 1 atom stereocenters. The molecule has 0 heterocycles. The lowest BCUT2D eigenvalue weighted by Crippen LogP contribution is -2.31. The van der Waals surface area contributed by atoms with Gasteiger partial charge in [0.25, 0.3) is 5.91 Å². The summed E-state index contributed by atoms with van der Waals surface area (Å²) in [6.45, 7) is 3.94. The monoisotopic (exact) mass is 367 g/mol. The minimum atomic E-state index is -4.66. The van der Waals surface area contributed by atoms with Gasteiger partial charge in [-0.05, 0) is 35.7 Å². The Morgan fingerprint density at radius 1 is 0.960 bits per heavy atom. The SMILES string of the molecule is CC(C)[C@@H](NC(=O)c1ccc(S(=O)(=O)C(F)F)cc1)c1ccccc1. The normalized spacial score (nSPS) is 13.0. The van der Waals surface area contributed by atoms with Gasteiger partial charge in [-0.15, -0.1) is 0 Å². The van der Waals surface area contributed by atoms with Crippen LogP contribution in [0.25, 0.3) is 0 Å². The van der Waals surface area contributed by atoms with E-state index in [1.807, 2.05) is 44.2 Å². The first-order valence-corrected chi connectivity index (χ1v) is 9.26. The van der Waals surface area contributed by atoms with Gasteiger partial charge >= 0.3 is 5.76 Å². The third kappa shape index (κ3) is 4.42. The number of benzene rings is 2. The smallest absolute Gasteiger partial charge is 0.341 e. The molecule has 0 saturated heterocycles. The van der Waals surface area contributed by atoms with Crippen LogP contribution in [0.5, 0.6) is 0 Å². The molecule has 0 bridgehead atoms. The van der Waals surface area contributed by atoms with E-state index in [-0.39, 0.29) is 17.5 Å². The number of hydrogen-bond acceptors (Lipinski definition) is 3. The van der Waals surface area contributed by atoms with E-state index in [2.05, 4.69) is 5.32 Å². The molecule has 0 aliphatic carbocycles. The topological polar surface area (TPSA) is 63.2 Å². The Balaban J connectivity index is 2.20. The molecule has 0 unspecified atom stereocenters. The molecule has 1 amide bonds. The fraction of sp³-hybridized carbons (Fsp3) is 0.278. The zero-order chi connectivity index (χ0) is 18.6. The van der Waals surface area contributed by atoms with Crippen LogP contribution in [0.3, 0.4) is 0 Å². The molecule has 7 heteroatoms. The van der Waals surface area contributed by atoms with Gasteiger partial charge in [0.15, 0.2) is 0 Å². The second-order valence-electron chi connectivity index (χ2n) is 5.94. The van der Waals surface area contributed by atoms with Gasteiger partial charge in [0.2, 0.25) is 9.84 Å². The maximum absolute atomic E-state index is 12.5. The predicted octanol–water partition coefficient (Wildman–Crippen LogP) is 3.81. The lowest BCUT2D eigenvalue weighted by molar-refractivity contribution is 0.0925. The van der Waals surface area contributed by atoms with E-state index in [0.717, 1.165) is 17.7 Å². The average Bonchev–Trinajstić information content (AvgIpc) is 2.59. The van der Waals surface area contributed by atoms with Crippen LogP contribution < -0.4 is 5.32 Å². The van der Waals surface area contributed by atoms with Crippen molar-refractivity contribution in [2.75, 3.05) is 0 Å². The first-order chi connectivity index (χ1) is 11.7. The highest BCUT2D eigenvalue weighted by atomic mass is 32.2. The molecule has 0 aromatic heterocycles. The third-order valence-corrected chi connectivity index (χ3v) is 5.19. The lowest BCUT2D eigenvalue weighted by atomic mass is 9.95. The van der Waals surface area contributed by atoms with Crippen molar-refractivity contribution in [2.45, 2.75) is 30.5 Å². The highest BCUT2D eigenvalue weighted by molar-refractivity contribution is 7.91. The van der Waals surface area contributed by atoms with Crippen LogP contribution in [0.2, 0.25) is 0 Å². The summed E-state index contributed by atoms with van der Waals surface area (Å²) in [5, 5.41) is 2.89. The Hall–Kier alpha value is -2.28. The van der Waals surface area contributed by atoms with E-state index in [4.69, 9.17) is 0 Å². The Bertz CT molecular complexity index is 819. The molecule has 0 spiro atoms. The van der Waals surface area contributed by atoms with Crippen LogP contribution in [0.15, 0.2) is 59.5 Å². The zero-order valence-electron chi connectivity index (χ0n) is 13.8. The molecule has 134 valence electrons. The number of alkyl halides is 2. The predicted molar refractivity (Wildman–Crippen MR) is 91.1 cm³/mol. The van der Waals surface area contributed by atoms with Crippen molar-refractivity contribution in [3.63, 3.8) is 0 Å². The molecule has 0 fully saturated rings. The third-order valence-electron chi connectivity index (χ3n) is 3.79. The van der Waals surface area contributed by atoms with Gasteiger partial charge in [-0.2, -0.15) is 8.78 Å². The second kappa shape index (κ2) is 7.74. The lowest BCUT2D eigenvalue weighted by Gasteiger charge is -2.23. The summed E-state index contributed by atoms with van der Waals surface area (Å²) in [5.74, 6) is -3.76. The molecular formula is C18H19F2NO3S. The number of hydrogen-bond donors (Lipinski definition) is 1. The van der Waals surface area contributed by atoms with E-state index < -0.39 is 26.4 Å². The van der Waals surface area contributed by atoms with Crippen LogP contribution in [0, 0.1) is 5.92 Å². The number of carbonyl (C=O) groups excluding carboxylic acids is 1. The Labute approximate surface area is 145 Å². The van der Waals surface area contributed by atoms with Gasteiger partial charge in [0, 0.05) is 5.56 Å². The molecule has 4 nitrogen and oxygen atoms in total. The van der Waals surface area contributed by atoms with Crippen molar-refractivity contribution >= 4 is 15.7 Å². The van der Waals surface area contributed by atoms with Crippen LogP contribution in [-0.2, 0) is 9.84 Å². The van der Waals surface area contributed by atoms with E-state index in [1.54, 1.807) is 0 Å². The summed E-state index contributed by atoms with van der Waals surface area (Å²) in [6.07, 6.45) is 0. The Morgan fingerprint density at radius 2 is 1.52 bits per heavy atom. The largest absolute Gasteiger partial charge is 0.345 e. The van der Waals surface area contributed by atoms with Crippen molar-refractivity contribution in [3.8, 4) is 0 Å². The molecule has 0 aliphatic rings. The van der Waals surface area contributed by atoms with Crippen LogP contribution in [-0.4, -0.2) is 20.1 Å². The van der Waals surface area contributed by atoms with Gasteiger partial charge in [0.1, 0.15) is 0 Å². The molecule has 1 N–H and O–H groups in total. The van der Waals surface area contributed by atoms with Crippen molar-refractivity contribution < 1.29 is 22.0 Å². The van der Waals surface area contributed by atoms with Crippen LogP contribution >= 0.6 is 0 Å². The second-order valence-corrected chi connectivity index (χ2v) is 7.85. The maximum Gasteiger partial charge on any atom is 0.341 e. The molecule has 0 radical (unpaired) electrons. The summed E-state index contributed by atoms with van der Waals surface area (Å²) in [7, 11) is -4.66. The highest BCUT2D eigenvalue weighted by Gasteiger charge is 2.26. The quantitative estimate of drug-likeness (QED) is 0.844. The summed E-state index contributed by atoms with van der Waals surface area (Å²) in [6, 6.07) is 13.7. The van der Waals surface area contributed by atoms with Crippen LogP contribution in [0.1, 0.15) is 35.8 Å². The number of carbonyl (C=O) groups is 1. The van der Waals surface area contributed by atoms with Gasteiger partial charge in [0.05, 0.1) is 10.9 Å². The van der Waals surface area contributed by atoms with Gasteiger partial charge in [-0.25, -0.2) is 8.42 Å².